The van der Waals surface area contributed by atoms with E-state index >= 15 is 0 Å². The number of thioether (sulfide) groups is 1. The van der Waals surface area contributed by atoms with Gasteiger partial charge in [-0.2, -0.15) is 0 Å². The highest BCUT2D eigenvalue weighted by molar-refractivity contribution is 7.98. The molecule has 6 nitrogen and oxygen atoms in total. The first-order valence-corrected chi connectivity index (χ1v) is 12.7. The van der Waals surface area contributed by atoms with E-state index in [4.69, 9.17) is 14.4 Å². The number of hydrogen-bond acceptors (Lipinski definition) is 5. The molecule has 1 N–H and O–H groups in total. The highest BCUT2D eigenvalue weighted by atomic mass is 32.2. The molecule has 0 aliphatic carbocycles. The molecule has 0 aliphatic rings. The number of oxazole rings is 1. The minimum atomic E-state index is -0.377. The fraction of sp³-hybridized carbons (Fsp3) is 0.0690. The molecule has 0 unspecified atom stereocenters. The van der Waals surface area contributed by atoms with Crippen molar-refractivity contribution in [2.24, 2.45) is 0 Å². The second-order valence-electron chi connectivity index (χ2n) is 8.48. The van der Waals surface area contributed by atoms with Crippen molar-refractivity contribution in [2.45, 2.75) is 17.8 Å². The first-order chi connectivity index (χ1) is 18.1. The molecule has 37 heavy (non-hydrogen) atoms. The predicted octanol–water partition coefficient (Wildman–Crippen LogP) is 6.78. The molecule has 6 aromatic rings. The van der Waals surface area contributed by atoms with Crippen LogP contribution in [0.5, 0.6) is 0 Å². The van der Waals surface area contributed by atoms with Crippen LogP contribution in [-0.4, -0.2) is 19.5 Å². The first kappa shape index (κ1) is 23.0. The maximum Gasteiger partial charge on any atom is 0.283 e. The van der Waals surface area contributed by atoms with E-state index < -0.39 is 0 Å². The summed E-state index contributed by atoms with van der Waals surface area (Å²) in [5.41, 5.74) is 4.69. The first-order valence-electron chi connectivity index (χ1n) is 11.7. The molecule has 3 heterocycles. The van der Waals surface area contributed by atoms with Crippen molar-refractivity contribution < 1.29 is 8.81 Å². The molecule has 3 aromatic carbocycles. The molecular formula is C29H21FN4O2S. The summed E-state index contributed by atoms with van der Waals surface area (Å²) in [5, 5.41) is 0.476. The summed E-state index contributed by atoms with van der Waals surface area (Å²) >= 11 is 1.38. The second-order valence-corrected chi connectivity index (χ2v) is 9.42. The van der Waals surface area contributed by atoms with Crippen LogP contribution in [0.15, 0.2) is 105 Å². The summed E-state index contributed by atoms with van der Waals surface area (Å²) in [7, 11) is 0. The molecule has 0 aliphatic heterocycles. The Hall–Kier alpha value is -4.43. The van der Waals surface area contributed by atoms with Gasteiger partial charge in [-0.25, -0.2) is 14.4 Å². The van der Waals surface area contributed by atoms with Gasteiger partial charge in [0.15, 0.2) is 5.16 Å². The van der Waals surface area contributed by atoms with Crippen LogP contribution in [-0.2, 0) is 5.75 Å². The van der Waals surface area contributed by atoms with Gasteiger partial charge in [0.2, 0.25) is 5.89 Å². The Morgan fingerprint density at radius 3 is 2.30 bits per heavy atom. The Balaban J connectivity index is 1.45. The average molecular weight is 509 g/mol. The number of aromatic nitrogens is 4. The Bertz CT molecular complexity index is 1760. The molecule has 0 saturated heterocycles. The van der Waals surface area contributed by atoms with Crippen molar-refractivity contribution in [3.63, 3.8) is 0 Å². The molecule has 0 saturated carbocycles. The Morgan fingerprint density at radius 2 is 1.59 bits per heavy atom. The van der Waals surface area contributed by atoms with Gasteiger partial charge < -0.3 is 9.40 Å². The van der Waals surface area contributed by atoms with Crippen LogP contribution >= 0.6 is 11.8 Å². The van der Waals surface area contributed by atoms with Crippen LogP contribution in [0.25, 0.3) is 39.3 Å². The lowest BCUT2D eigenvalue weighted by Crippen LogP contribution is -2.22. The number of benzene rings is 3. The fourth-order valence-corrected chi connectivity index (χ4v) is 5.20. The van der Waals surface area contributed by atoms with Gasteiger partial charge in [0.1, 0.15) is 22.6 Å². The molecule has 0 spiro atoms. The molecule has 0 amide bonds. The van der Waals surface area contributed by atoms with Gasteiger partial charge in [-0.3, -0.25) is 9.36 Å². The normalized spacial score (nSPS) is 11.3. The highest BCUT2D eigenvalue weighted by Gasteiger charge is 2.19. The van der Waals surface area contributed by atoms with Crippen LogP contribution in [0, 0.1) is 12.7 Å². The molecule has 0 atom stereocenters. The van der Waals surface area contributed by atoms with E-state index in [-0.39, 0.29) is 11.4 Å². The monoisotopic (exact) mass is 508 g/mol. The molecule has 6 rings (SSSR count). The lowest BCUT2D eigenvalue weighted by atomic mass is 10.1. The van der Waals surface area contributed by atoms with Crippen molar-refractivity contribution >= 4 is 22.8 Å². The third kappa shape index (κ3) is 4.36. The number of halogens is 1. The van der Waals surface area contributed by atoms with Crippen molar-refractivity contribution in [1.82, 2.24) is 19.5 Å². The van der Waals surface area contributed by atoms with Crippen molar-refractivity contribution in [2.75, 3.05) is 0 Å². The van der Waals surface area contributed by atoms with Gasteiger partial charge in [0, 0.05) is 23.1 Å². The molecule has 0 radical (unpaired) electrons. The van der Waals surface area contributed by atoms with Crippen LogP contribution in [0.2, 0.25) is 0 Å². The molecule has 3 aromatic heterocycles. The Kier molecular flexibility index (Phi) is 5.94. The summed E-state index contributed by atoms with van der Waals surface area (Å²) in [5.74, 6) is 1.31. The van der Waals surface area contributed by atoms with Gasteiger partial charge >= 0.3 is 0 Å². The van der Waals surface area contributed by atoms with Gasteiger partial charge in [-0.1, -0.05) is 60.3 Å². The van der Waals surface area contributed by atoms with Crippen molar-refractivity contribution in [3.05, 3.63) is 119 Å². The van der Waals surface area contributed by atoms with E-state index in [2.05, 4.69) is 4.98 Å². The standard InChI is InChI=1S/C29H21FN4O2S/c1-18-24(32-27(36-18)20-10-6-3-7-11-20)17-37-29-33-25-23(19-8-4-2-5-9-19)16-31-26(25)28(35)34(29)22-14-12-21(30)13-15-22/h2-16,31H,17H2,1H3. The second kappa shape index (κ2) is 9.55. The number of nitrogens with zero attached hydrogens (tertiary/aromatic N) is 3. The maximum absolute atomic E-state index is 13.7. The van der Waals surface area contributed by atoms with Crippen molar-refractivity contribution in [1.29, 1.82) is 0 Å². The number of rotatable bonds is 6. The van der Waals surface area contributed by atoms with E-state index in [0.29, 0.717) is 39.3 Å². The maximum atomic E-state index is 13.7. The summed E-state index contributed by atoms with van der Waals surface area (Å²) in [6, 6.07) is 25.3. The SMILES string of the molecule is Cc1oc(-c2ccccc2)nc1CSc1nc2c(-c3ccccc3)c[nH]c2c(=O)n1-c1ccc(F)cc1. The summed E-state index contributed by atoms with van der Waals surface area (Å²) < 4.78 is 21.1. The average Bonchev–Trinajstić information content (AvgIpc) is 3.53. The number of nitrogens with one attached hydrogen (secondary N) is 1. The Labute approximate surface area is 215 Å². The third-order valence-electron chi connectivity index (χ3n) is 6.09. The minimum absolute atomic E-state index is 0.261. The lowest BCUT2D eigenvalue weighted by Gasteiger charge is -2.12. The quantitative estimate of drug-likeness (QED) is 0.198. The van der Waals surface area contributed by atoms with Gasteiger partial charge in [-0.05, 0) is 48.9 Å². The summed E-state index contributed by atoms with van der Waals surface area (Å²) in [4.78, 5) is 26.4. The smallest absolute Gasteiger partial charge is 0.283 e. The van der Waals surface area contributed by atoms with Crippen molar-refractivity contribution in [3.8, 4) is 28.3 Å². The fourth-order valence-electron chi connectivity index (χ4n) is 4.19. The number of hydrogen-bond donors (Lipinski definition) is 1. The largest absolute Gasteiger partial charge is 0.441 e. The molecule has 182 valence electrons. The number of aromatic amines is 1. The minimum Gasteiger partial charge on any atom is -0.441 e. The highest BCUT2D eigenvalue weighted by Crippen LogP contribution is 2.31. The van der Waals surface area contributed by atoms with E-state index in [0.717, 1.165) is 22.4 Å². The molecule has 0 bridgehead atoms. The van der Waals surface area contributed by atoms with Gasteiger partial charge in [0.25, 0.3) is 5.56 Å². The zero-order valence-electron chi connectivity index (χ0n) is 19.8. The van der Waals surface area contributed by atoms with Gasteiger partial charge in [-0.15, -0.1) is 0 Å². The van der Waals surface area contributed by atoms with Crippen LogP contribution in [0.3, 0.4) is 0 Å². The number of fused-ring (bicyclic) bond motifs is 1. The van der Waals surface area contributed by atoms with E-state index in [1.807, 2.05) is 67.6 Å². The van der Waals surface area contributed by atoms with E-state index in [1.165, 1.54) is 28.5 Å². The molecule has 0 fully saturated rings. The molecular weight excluding hydrogens is 487 g/mol. The number of aryl methyl sites for hydroxylation is 1. The van der Waals surface area contributed by atoms with Crippen LogP contribution in [0.4, 0.5) is 4.39 Å². The summed E-state index contributed by atoms with van der Waals surface area (Å²) in [6.07, 6.45) is 1.80. The van der Waals surface area contributed by atoms with Crippen LogP contribution < -0.4 is 5.56 Å². The number of H-pyrrole nitrogens is 1. The van der Waals surface area contributed by atoms with Gasteiger partial charge in [0.05, 0.1) is 11.4 Å². The van der Waals surface area contributed by atoms with Crippen LogP contribution in [0.1, 0.15) is 11.5 Å². The Morgan fingerprint density at radius 1 is 0.919 bits per heavy atom. The third-order valence-corrected chi connectivity index (χ3v) is 7.04. The zero-order chi connectivity index (χ0) is 25.4. The zero-order valence-corrected chi connectivity index (χ0v) is 20.6. The van der Waals surface area contributed by atoms with E-state index in [1.54, 1.807) is 18.3 Å². The lowest BCUT2D eigenvalue weighted by molar-refractivity contribution is 0.540. The molecule has 8 heteroatoms. The topological polar surface area (TPSA) is 76.7 Å². The summed E-state index contributed by atoms with van der Waals surface area (Å²) in [6.45, 7) is 1.87. The predicted molar refractivity (Wildman–Crippen MR) is 143 cm³/mol. The van der Waals surface area contributed by atoms with E-state index in [9.17, 15) is 9.18 Å².